The van der Waals surface area contributed by atoms with Gasteiger partial charge in [-0.15, -0.1) is 0 Å². The Morgan fingerprint density at radius 1 is 0.970 bits per heavy atom. The summed E-state index contributed by atoms with van der Waals surface area (Å²) in [7, 11) is 0. The maximum absolute atomic E-state index is 13.7. The Morgan fingerprint density at radius 2 is 1.76 bits per heavy atom. The van der Waals surface area contributed by atoms with Crippen molar-refractivity contribution in [2.24, 2.45) is 0 Å². The molecular formula is C26H20BrClFN3O. The number of rotatable bonds is 6. The number of benzene rings is 3. The first kappa shape index (κ1) is 23.0. The molecule has 4 aromatic rings. The molecule has 7 heteroatoms. The Balaban J connectivity index is 1.82. The third kappa shape index (κ3) is 5.59. The first-order chi connectivity index (χ1) is 15.9. The number of hydrogen-bond acceptors (Lipinski definition) is 2. The summed E-state index contributed by atoms with van der Waals surface area (Å²) in [6, 6.07) is 26.3. The lowest BCUT2D eigenvalue weighted by atomic mass is 9.80. The molecule has 0 radical (unpaired) electrons. The minimum atomic E-state index is -1.03. The average Bonchev–Trinajstić information content (AvgIpc) is 2.80. The summed E-state index contributed by atoms with van der Waals surface area (Å²) in [4.78, 5) is 17.8. The fourth-order valence-corrected chi connectivity index (χ4v) is 4.24. The van der Waals surface area contributed by atoms with Gasteiger partial charge in [0.1, 0.15) is 11.4 Å². The van der Waals surface area contributed by atoms with Crippen LogP contribution in [0, 0.1) is 5.82 Å². The second-order valence-electron chi connectivity index (χ2n) is 7.53. The van der Waals surface area contributed by atoms with E-state index in [0.717, 1.165) is 15.6 Å². The van der Waals surface area contributed by atoms with Crippen LogP contribution in [0.3, 0.4) is 0 Å². The normalized spacial score (nSPS) is 12.6. The molecule has 0 fully saturated rings. The van der Waals surface area contributed by atoms with Crippen molar-refractivity contribution in [2.45, 2.75) is 12.0 Å². The van der Waals surface area contributed by atoms with Crippen LogP contribution >= 0.6 is 27.5 Å². The molecule has 2 amide bonds. The molecule has 0 aliphatic carbocycles. The Bertz CT molecular complexity index is 1250. The van der Waals surface area contributed by atoms with E-state index >= 15 is 0 Å². The topological polar surface area (TPSA) is 54.0 Å². The Labute approximate surface area is 205 Å². The van der Waals surface area contributed by atoms with E-state index in [1.165, 1.54) is 18.2 Å². The van der Waals surface area contributed by atoms with Crippen LogP contribution in [0.15, 0.2) is 102 Å². The minimum absolute atomic E-state index is 0.347. The summed E-state index contributed by atoms with van der Waals surface area (Å²) in [6.07, 6.45) is 1.98. The van der Waals surface area contributed by atoms with E-state index in [4.69, 9.17) is 11.6 Å². The van der Waals surface area contributed by atoms with Gasteiger partial charge in [-0.3, -0.25) is 4.98 Å². The number of pyridine rings is 1. The van der Waals surface area contributed by atoms with Gasteiger partial charge in [0, 0.05) is 22.8 Å². The number of nitrogens with zero attached hydrogens (tertiary/aromatic N) is 1. The summed E-state index contributed by atoms with van der Waals surface area (Å²) in [5.74, 6) is -0.435. The molecule has 0 aliphatic heterocycles. The van der Waals surface area contributed by atoms with Gasteiger partial charge in [0.15, 0.2) is 0 Å². The molecule has 0 bridgehead atoms. The highest BCUT2D eigenvalue weighted by atomic mass is 79.9. The minimum Gasteiger partial charge on any atom is -0.322 e. The molecule has 2 N–H and O–H groups in total. The number of urea groups is 1. The van der Waals surface area contributed by atoms with Gasteiger partial charge in [0.25, 0.3) is 0 Å². The number of nitrogens with one attached hydrogen (secondary N) is 2. The highest BCUT2D eigenvalue weighted by Gasteiger charge is 2.38. The Morgan fingerprint density at radius 3 is 2.45 bits per heavy atom. The largest absolute Gasteiger partial charge is 0.322 e. The molecular weight excluding hydrogens is 505 g/mol. The van der Waals surface area contributed by atoms with Crippen molar-refractivity contribution in [1.29, 1.82) is 0 Å². The van der Waals surface area contributed by atoms with Crippen LogP contribution < -0.4 is 10.6 Å². The van der Waals surface area contributed by atoms with E-state index in [1.54, 1.807) is 24.4 Å². The number of aromatic nitrogens is 1. The third-order valence-corrected chi connectivity index (χ3v) is 5.92. The van der Waals surface area contributed by atoms with Gasteiger partial charge in [0.2, 0.25) is 0 Å². The predicted molar refractivity (Wildman–Crippen MR) is 133 cm³/mol. The molecule has 1 atom stereocenters. The molecule has 4 rings (SSSR count). The van der Waals surface area contributed by atoms with Crippen LogP contribution in [0.5, 0.6) is 0 Å². The highest BCUT2D eigenvalue weighted by molar-refractivity contribution is 9.10. The van der Waals surface area contributed by atoms with Crippen LogP contribution in [0.4, 0.5) is 14.9 Å². The Kier molecular flexibility index (Phi) is 7.06. The summed E-state index contributed by atoms with van der Waals surface area (Å²) in [5, 5.41) is 6.35. The van der Waals surface area contributed by atoms with Gasteiger partial charge in [-0.2, -0.15) is 0 Å². The van der Waals surface area contributed by atoms with Crippen molar-refractivity contribution >= 4 is 39.2 Å². The molecule has 0 spiro atoms. The summed E-state index contributed by atoms with van der Waals surface area (Å²) < 4.78 is 14.5. The lowest BCUT2D eigenvalue weighted by Crippen LogP contribution is -2.50. The van der Waals surface area contributed by atoms with Crippen molar-refractivity contribution in [3.05, 3.63) is 129 Å². The first-order valence-electron chi connectivity index (χ1n) is 10.2. The van der Waals surface area contributed by atoms with E-state index < -0.39 is 17.4 Å². The number of amides is 2. The molecule has 1 unspecified atom stereocenters. The summed E-state index contributed by atoms with van der Waals surface area (Å²) in [5.41, 5.74) is 1.75. The zero-order valence-corrected chi connectivity index (χ0v) is 19.8. The van der Waals surface area contributed by atoms with E-state index in [0.29, 0.717) is 22.8 Å². The van der Waals surface area contributed by atoms with E-state index in [1.807, 2.05) is 54.6 Å². The van der Waals surface area contributed by atoms with E-state index in [2.05, 4.69) is 31.5 Å². The van der Waals surface area contributed by atoms with Gasteiger partial charge in [-0.25, -0.2) is 9.18 Å². The monoisotopic (exact) mass is 523 g/mol. The zero-order valence-electron chi connectivity index (χ0n) is 17.4. The molecule has 4 nitrogen and oxygen atoms in total. The molecule has 1 aromatic heterocycles. The maximum Gasteiger partial charge on any atom is 0.320 e. The first-order valence-corrected chi connectivity index (χ1v) is 11.4. The van der Waals surface area contributed by atoms with E-state index in [-0.39, 0.29) is 0 Å². The molecule has 0 aliphatic rings. The lowest BCUT2D eigenvalue weighted by Gasteiger charge is -2.35. The average molecular weight is 525 g/mol. The molecule has 0 saturated heterocycles. The third-order valence-electron chi connectivity index (χ3n) is 5.20. The Hall–Kier alpha value is -3.22. The fourth-order valence-electron chi connectivity index (χ4n) is 3.73. The quantitative estimate of drug-likeness (QED) is 0.287. The fraction of sp³-hybridized carbons (Fsp3) is 0.0769. The maximum atomic E-state index is 13.7. The van der Waals surface area contributed by atoms with Crippen molar-refractivity contribution in [2.75, 3.05) is 5.32 Å². The second kappa shape index (κ2) is 10.1. The zero-order chi connectivity index (χ0) is 23.3. The number of carbonyl (C=O) groups is 1. The summed E-state index contributed by atoms with van der Waals surface area (Å²) >= 11 is 9.66. The van der Waals surface area contributed by atoms with Crippen LogP contribution in [0.1, 0.15) is 16.8 Å². The highest BCUT2D eigenvalue weighted by Crippen LogP contribution is 2.34. The number of anilines is 1. The van der Waals surface area contributed by atoms with Gasteiger partial charge in [-0.05, 0) is 53.6 Å². The van der Waals surface area contributed by atoms with Crippen LogP contribution in [-0.2, 0) is 12.0 Å². The molecule has 33 heavy (non-hydrogen) atoms. The van der Waals surface area contributed by atoms with Crippen molar-refractivity contribution in [1.82, 2.24) is 10.3 Å². The van der Waals surface area contributed by atoms with Crippen molar-refractivity contribution in [3.63, 3.8) is 0 Å². The smallest absolute Gasteiger partial charge is 0.320 e. The van der Waals surface area contributed by atoms with E-state index in [9.17, 15) is 9.18 Å². The SMILES string of the molecule is O=C(Nc1cccc(F)c1)NC(Cc1ccccc1)(c1cccc(Br)c1)c1ccc(Cl)cn1. The van der Waals surface area contributed by atoms with Gasteiger partial charge in [0.05, 0.1) is 10.7 Å². The van der Waals surface area contributed by atoms with Crippen LogP contribution in [-0.4, -0.2) is 11.0 Å². The molecule has 1 heterocycles. The second-order valence-corrected chi connectivity index (χ2v) is 8.88. The van der Waals surface area contributed by atoms with Crippen molar-refractivity contribution < 1.29 is 9.18 Å². The van der Waals surface area contributed by atoms with Gasteiger partial charge >= 0.3 is 6.03 Å². The molecule has 0 saturated carbocycles. The van der Waals surface area contributed by atoms with Crippen LogP contribution in [0.25, 0.3) is 0 Å². The standard InChI is InChI=1S/C26H20BrClFN3O/c27-20-9-4-8-19(14-20)26(16-18-6-2-1-3-7-18,24-13-12-21(28)17-30-24)32-25(33)31-23-11-5-10-22(29)15-23/h1-15,17H,16H2,(H2,31,32,33). The van der Waals surface area contributed by atoms with Crippen molar-refractivity contribution in [3.8, 4) is 0 Å². The van der Waals surface area contributed by atoms with Gasteiger partial charge < -0.3 is 10.6 Å². The lowest BCUT2D eigenvalue weighted by molar-refractivity contribution is 0.241. The molecule has 3 aromatic carbocycles. The number of halogens is 3. The number of hydrogen-bond donors (Lipinski definition) is 2. The van der Waals surface area contributed by atoms with Crippen LogP contribution in [0.2, 0.25) is 5.02 Å². The predicted octanol–water partition coefficient (Wildman–Crippen LogP) is 6.94. The molecule has 166 valence electrons. The summed E-state index contributed by atoms with van der Waals surface area (Å²) in [6.45, 7) is 0. The van der Waals surface area contributed by atoms with Gasteiger partial charge in [-0.1, -0.05) is 76.1 Å². The number of carbonyl (C=O) groups excluding carboxylic acids is 1.